The maximum absolute atomic E-state index is 13.3. The largest absolute Gasteiger partial charge is 0.481 e. The summed E-state index contributed by atoms with van der Waals surface area (Å²) < 4.78 is 0. The molecule has 2 aromatic carbocycles. The topological polar surface area (TPSA) is 98.7 Å². The monoisotopic (exact) mass is 421 g/mol. The Balaban J connectivity index is 1.84. The Morgan fingerprint density at radius 3 is 2.29 bits per heavy atom. The molecular weight excluding hydrogens is 394 g/mol. The van der Waals surface area contributed by atoms with Gasteiger partial charge in [0.1, 0.15) is 0 Å². The summed E-state index contributed by atoms with van der Waals surface area (Å²) in [6, 6.07) is 17.8. The zero-order valence-corrected chi connectivity index (χ0v) is 17.5. The smallest absolute Gasteiger partial charge is 0.322 e. The van der Waals surface area contributed by atoms with E-state index in [2.05, 4.69) is 10.6 Å². The van der Waals surface area contributed by atoms with Crippen LogP contribution in [0.15, 0.2) is 71.9 Å². The lowest BCUT2D eigenvalue weighted by molar-refractivity contribution is -0.137. The number of rotatable bonds is 9. The van der Waals surface area contributed by atoms with Crippen LogP contribution in [0.5, 0.6) is 0 Å². The van der Waals surface area contributed by atoms with Crippen molar-refractivity contribution in [1.29, 1.82) is 0 Å². The van der Waals surface area contributed by atoms with Gasteiger partial charge in [0, 0.05) is 24.4 Å². The fourth-order valence-electron chi connectivity index (χ4n) is 3.68. The summed E-state index contributed by atoms with van der Waals surface area (Å²) in [7, 11) is 0. The summed E-state index contributed by atoms with van der Waals surface area (Å²) in [5.41, 5.74) is 2.59. The highest BCUT2D eigenvalue weighted by Crippen LogP contribution is 2.31. The van der Waals surface area contributed by atoms with Gasteiger partial charge in [0.25, 0.3) is 5.91 Å². The average molecular weight is 421 g/mol. The minimum absolute atomic E-state index is 0.113. The first kappa shape index (κ1) is 22.1. The molecule has 0 saturated heterocycles. The number of nitrogens with one attached hydrogen (secondary N) is 2. The molecule has 0 fully saturated rings. The number of carboxylic acid groups (broad SMARTS) is 1. The van der Waals surface area contributed by atoms with Crippen LogP contribution in [-0.2, 0) is 9.59 Å². The van der Waals surface area contributed by atoms with Gasteiger partial charge in [-0.25, -0.2) is 4.79 Å². The second-order valence-electron chi connectivity index (χ2n) is 7.47. The number of hydrogen-bond acceptors (Lipinski definition) is 3. The van der Waals surface area contributed by atoms with Gasteiger partial charge in [-0.2, -0.15) is 0 Å². The van der Waals surface area contributed by atoms with Gasteiger partial charge in [-0.1, -0.05) is 55.0 Å². The number of carboxylic acids is 1. The van der Waals surface area contributed by atoms with E-state index in [1.165, 1.54) is 0 Å². The van der Waals surface area contributed by atoms with Crippen LogP contribution in [0.3, 0.4) is 0 Å². The number of benzene rings is 2. The van der Waals surface area contributed by atoms with Crippen molar-refractivity contribution in [2.24, 2.45) is 0 Å². The number of unbranched alkanes of at least 4 members (excludes halogenated alkanes) is 2. The Morgan fingerprint density at radius 1 is 1.00 bits per heavy atom. The molecule has 0 saturated carbocycles. The second kappa shape index (κ2) is 10.4. The Morgan fingerprint density at radius 2 is 1.65 bits per heavy atom. The maximum atomic E-state index is 13.3. The number of carbonyl (C=O) groups is 3. The molecule has 162 valence electrons. The van der Waals surface area contributed by atoms with Crippen molar-refractivity contribution in [1.82, 2.24) is 10.2 Å². The number of allylic oxidation sites excluding steroid dienone is 1. The number of hydrogen-bond donors (Lipinski definition) is 3. The minimum atomic E-state index is -0.822. The molecule has 2 aromatic rings. The normalized spacial score (nSPS) is 16.1. The third kappa shape index (κ3) is 5.72. The van der Waals surface area contributed by atoms with Gasteiger partial charge in [0.2, 0.25) is 0 Å². The molecule has 1 aliphatic heterocycles. The van der Waals surface area contributed by atoms with Crippen LogP contribution in [0, 0.1) is 0 Å². The van der Waals surface area contributed by atoms with Gasteiger partial charge in [0.15, 0.2) is 0 Å². The highest BCUT2D eigenvalue weighted by Gasteiger charge is 2.35. The third-order valence-corrected chi connectivity index (χ3v) is 5.28. The fourth-order valence-corrected chi connectivity index (χ4v) is 3.68. The summed E-state index contributed by atoms with van der Waals surface area (Å²) in [6.45, 7) is 2.20. The summed E-state index contributed by atoms with van der Waals surface area (Å²) in [6.07, 6.45) is 2.02. The standard InChI is InChI=1S/C24H27N3O4/c1-17-21(23(30)25-19-13-7-3-8-14-19)22(18-11-5-2-6-12-18)26-24(31)27(17)16-10-4-9-15-20(28)29/h2-3,5-8,11-14,22H,4,9-10,15-16H2,1H3,(H,25,30)(H,26,31)(H,28,29)/t22-/m1/s1. The molecule has 0 aromatic heterocycles. The van der Waals surface area contributed by atoms with E-state index in [9.17, 15) is 14.4 Å². The number of aliphatic carboxylic acids is 1. The van der Waals surface area contributed by atoms with Crippen LogP contribution in [0.1, 0.15) is 44.2 Å². The van der Waals surface area contributed by atoms with Crippen LogP contribution in [0.4, 0.5) is 10.5 Å². The van der Waals surface area contributed by atoms with E-state index >= 15 is 0 Å². The van der Waals surface area contributed by atoms with Gasteiger partial charge in [-0.05, 0) is 37.5 Å². The van der Waals surface area contributed by atoms with Crippen LogP contribution >= 0.6 is 0 Å². The van der Waals surface area contributed by atoms with E-state index in [-0.39, 0.29) is 18.4 Å². The second-order valence-corrected chi connectivity index (χ2v) is 7.47. The van der Waals surface area contributed by atoms with E-state index in [0.29, 0.717) is 42.8 Å². The van der Waals surface area contributed by atoms with Crippen molar-refractivity contribution in [3.63, 3.8) is 0 Å². The Hall–Kier alpha value is -3.61. The van der Waals surface area contributed by atoms with E-state index in [1.807, 2.05) is 60.7 Å². The van der Waals surface area contributed by atoms with Crippen molar-refractivity contribution in [3.8, 4) is 0 Å². The van der Waals surface area contributed by atoms with Crippen molar-refractivity contribution in [3.05, 3.63) is 77.5 Å². The van der Waals surface area contributed by atoms with Gasteiger partial charge < -0.3 is 15.7 Å². The molecule has 0 unspecified atom stereocenters. The van der Waals surface area contributed by atoms with Gasteiger partial charge >= 0.3 is 12.0 Å². The molecule has 0 aliphatic carbocycles. The number of nitrogens with zero attached hydrogens (tertiary/aromatic N) is 1. The Kier molecular flexibility index (Phi) is 7.43. The maximum Gasteiger partial charge on any atom is 0.322 e. The predicted molar refractivity (Wildman–Crippen MR) is 118 cm³/mol. The summed E-state index contributed by atoms with van der Waals surface area (Å²) in [5, 5.41) is 14.7. The summed E-state index contributed by atoms with van der Waals surface area (Å²) >= 11 is 0. The van der Waals surface area contributed by atoms with E-state index < -0.39 is 12.0 Å². The van der Waals surface area contributed by atoms with Crippen molar-refractivity contribution in [2.75, 3.05) is 11.9 Å². The molecule has 3 N–H and O–H groups in total. The molecule has 0 bridgehead atoms. The first-order chi connectivity index (χ1) is 15.0. The first-order valence-corrected chi connectivity index (χ1v) is 10.4. The number of carbonyl (C=O) groups excluding carboxylic acids is 2. The minimum Gasteiger partial charge on any atom is -0.481 e. The molecule has 3 rings (SSSR count). The molecule has 1 heterocycles. The quantitative estimate of drug-likeness (QED) is 0.526. The molecule has 31 heavy (non-hydrogen) atoms. The molecular formula is C24H27N3O4. The SMILES string of the molecule is CC1=C(C(=O)Nc2ccccc2)[C@@H](c2ccccc2)NC(=O)N1CCCCCC(=O)O. The average Bonchev–Trinajstić information content (AvgIpc) is 2.76. The number of amides is 3. The van der Waals surface area contributed by atoms with Crippen LogP contribution in [-0.4, -0.2) is 34.5 Å². The van der Waals surface area contributed by atoms with Crippen LogP contribution < -0.4 is 10.6 Å². The van der Waals surface area contributed by atoms with Gasteiger partial charge in [0.05, 0.1) is 11.6 Å². The number of para-hydroxylation sites is 1. The highest BCUT2D eigenvalue weighted by molar-refractivity contribution is 6.06. The molecule has 0 spiro atoms. The predicted octanol–water partition coefficient (Wildman–Crippen LogP) is 4.31. The first-order valence-electron chi connectivity index (χ1n) is 10.4. The zero-order valence-electron chi connectivity index (χ0n) is 17.5. The third-order valence-electron chi connectivity index (χ3n) is 5.28. The molecule has 0 radical (unpaired) electrons. The Bertz CT molecular complexity index is 957. The lowest BCUT2D eigenvalue weighted by Gasteiger charge is -2.36. The van der Waals surface area contributed by atoms with Crippen molar-refractivity contribution in [2.45, 2.75) is 38.6 Å². The molecule has 7 heteroatoms. The van der Waals surface area contributed by atoms with Crippen molar-refractivity contribution >= 4 is 23.6 Å². The van der Waals surface area contributed by atoms with E-state index in [0.717, 1.165) is 5.56 Å². The van der Waals surface area contributed by atoms with Crippen molar-refractivity contribution < 1.29 is 19.5 Å². The molecule has 1 aliphatic rings. The lowest BCUT2D eigenvalue weighted by atomic mass is 9.94. The highest BCUT2D eigenvalue weighted by atomic mass is 16.4. The molecule has 7 nitrogen and oxygen atoms in total. The Labute approximate surface area is 181 Å². The number of anilines is 1. The molecule has 3 amide bonds. The van der Waals surface area contributed by atoms with Gasteiger partial charge in [-0.15, -0.1) is 0 Å². The van der Waals surface area contributed by atoms with E-state index in [4.69, 9.17) is 5.11 Å². The van der Waals surface area contributed by atoms with E-state index in [1.54, 1.807) is 11.8 Å². The molecule has 1 atom stereocenters. The lowest BCUT2D eigenvalue weighted by Crippen LogP contribution is -2.48. The number of urea groups is 1. The van der Waals surface area contributed by atoms with Gasteiger partial charge in [-0.3, -0.25) is 14.5 Å². The van der Waals surface area contributed by atoms with Crippen LogP contribution in [0.25, 0.3) is 0 Å². The summed E-state index contributed by atoms with van der Waals surface area (Å²) in [4.78, 5) is 38.3. The van der Waals surface area contributed by atoms with Crippen LogP contribution in [0.2, 0.25) is 0 Å². The zero-order chi connectivity index (χ0) is 22.2. The summed E-state index contributed by atoms with van der Waals surface area (Å²) in [5.74, 6) is -1.09. The fraction of sp³-hybridized carbons (Fsp3) is 0.292.